The third-order valence-electron chi connectivity index (χ3n) is 3.30. The number of para-hydroxylation sites is 2. The van der Waals surface area contributed by atoms with E-state index in [2.05, 4.69) is 10.6 Å². The molecule has 114 valence electrons. The van der Waals surface area contributed by atoms with Gasteiger partial charge in [0.25, 0.3) is 5.91 Å². The smallest absolute Gasteiger partial charge is 0.250 e. The number of hydrogen-bond acceptors (Lipinski definition) is 3. The normalized spacial score (nSPS) is 10.0. The predicted octanol–water partition coefficient (Wildman–Crippen LogP) is 2.40. The number of hydrogen-bond donors (Lipinski definition) is 3. The zero-order chi connectivity index (χ0) is 15.9. The van der Waals surface area contributed by atoms with E-state index in [1.54, 1.807) is 24.3 Å². The lowest BCUT2D eigenvalue weighted by atomic mass is 10.1. The average Bonchev–Trinajstić information content (AvgIpc) is 2.53. The largest absolute Gasteiger partial charge is 0.376 e. The van der Waals surface area contributed by atoms with Gasteiger partial charge in [-0.3, -0.25) is 9.59 Å². The highest BCUT2D eigenvalue weighted by Gasteiger charge is 2.09. The molecule has 0 aromatic heterocycles. The van der Waals surface area contributed by atoms with E-state index in [9.17, 15) is 9.59 Å². The molecule has 2 rings (SSSR count). The third-order valence-corrected chi connectivity index (χ3v) is 3.30. The number of nitrogens with two attached hydrogens (primary N) is 1. The van der Waals surface area contributed by atoms with E-state index in [4.69, 9.17) is 5.73 Å². The van der Waals surface area contributed by atoms with Crippen LogP contribution in [-0.2, 0) is 11.2 Å². The van der Waals surface area contributed by atoms with Crippen LogP contribution in [0, 0.1) is 0 Å². The summed E-state index contributed by atoms with van der Waals surface area (Å²) in [4.78, 5) is 23.4. The van der Waals surface area contributed by atoms with E-state index in [1.807, 2.05) is 31.2 Å². The van der Waals surface area contributed by atoms with Crippen LogP contribution in [0.2, 0.25) is 0 Å². The average molecular weight is 297 g/mol. The van der Waals surface area contributed by atoms with Crippen molar-refractivity contribution in [3.8, 4) is 0 Å². The van der Waals surface area contributed by atoms with Crippen molar-refractivity contribution in [2.24, 2.45) is 5.73 Å². The molecule has 22 heavy (non-hydrogen) atoms. The highest BCUT2D eigenvalue weighted by atomic mass is 16.2. The maximum Gasteiger partial charge on any atom is 0.250 e. The molecule has 0 saturated carbocycles. The first-order valence-electron chi connectivity index (χ1n) is 7.12. The number of carbonyl (C=O) groups is 2. The van der Waals surface area contributed by atoms with Crippen LogP contribution in [0.25, 0.3) is 0 Å². The number of benzene rings is 2. The highest BCUT2D eigenvalue weighted by molar-refractivity contribution is 6.00. The van der Waals surface area contributed by atoms with Gasteiger partial charge >= 0.3 is 0 Å². The molecule has 0 heterocycles. The minimum atomic E-state index is -0.528. The molecule has 0 aliphatic heterocycles. The second kappa shape index (κ2) is 7.26. The number of amides is 2. The molecule has 0 aliphatic carbocycles. The second-order valence-electron chi connectivity index (χ2n) is 4.82. The van der Waals surface area contributed by atoms with Gasteiger partial charge in [-0.05, 0) is 30.2 Å². The van der Waals surface area contributed by atoms with Crippen LogP contribution >= 0.6 is 0 Å². The SMILES string of the molecule is CCc1ccccc1NC(=O)CNc1ccccc1C(N)=O. The molecule has 2 amide bonds. The van der Waals surface area contributed by atoms with Crippen molar-refractivity contribution in [2.75, 3.05) is 17.2 Å². The predicted molar refractivity (Wildman–Crippen MR) is 87.9 cm³/mol. The Bertz CT molecular complexity index is 683. The molecule has 0 spiro atoms. The number of carbonyl (C=O) groups excluding carboxylic acids is 2. The molecule has 0 fully saturated rings. The summed E-state index contributed by atoms with van der Waals surface area (Å²) in [7, 11) is 0. The van der Waals surface area contributed by atoms with Crippen molar-refractivity contribution in [3.63, 3.8) is 0 Å². The molecule has 0 aliphatic rings. The summed E-state index contributed by atoms with van der Waals surface area (Å²) in [6, 6.07) is 14.5. The molecule has 0 saturated heterocycles. The first-order chi connectivity index (χ1) is 10.6. The number of primary amides is 1. The molecular formula is C17H19N3O2. The van der Waals surface area contributed by atoms with Gasteiger partial charge in [-0.25, -0.2) is 0 Å². The van der Waals surface area contributed by atoms with Crippen LogP contribution in [0.3, 0.4) is 0 Å². The second-order valence-corrected chi connectivity index (χ2v) is 4.82. The van der Waals surface area contributed by atoms with Crippen LogP contribution in [-0.4, -0.2) is 18.4 Å². The molecule has 5 heteroatoms. The quantitative estimate of drug-likeness (QED) is 0.765. The van der Waals surface area contributed by atoms with Gasteiger partial charge in [-0.2, -0.15) is 0 Å². The topological polar surface area (TPSA) is 84.2 Å². The number of aryl methyl sites for hydroxylation is 1. The van der Waals surface area contributed by atoms with Crippen LogP contribution in [0.1, 0.15) is 22.8 Å². The van der Waals surface area contributed by atoms with Crippen molar-refractivity contribution < 1.29 is 9.59 Å². The fraction of sp³-hybridized carbons (Fsp3) is 0.176. The fourth-order valence-corrected chi connectivity index (χ4v) is 2.17. The number of rotatable bonds is 6. The molecule has 0 bridgehead atoms. The lowest BCUT2D eigenvalue weighted by molar-refractivity contribution is -0.114. The van der Waals surface area contributed by atoms with E-state index >= 15 is 0 Å². The number of nitrogens with one attached hydrogen (secondary N) is 2. The summed E-state index contributed by atoms with van der Waals surface area (Å²) >= 11 is 0. The van der Waals surface area contributed by atoms with Crippen molar-refractivity contribution in [3.05, 3.63) is 59.7 Å². The maximum atomic E-state index is 12.0. The maximum absolute atomic E-state index is 12.0. The molecule has 0 unspecified atom stereocenters. The van der Waals surface area contributed by atoms with Gasteiger partial charge in [0.2, 0.25) is 5.91 Å². The molecule has 0 radical (unpaired) electrons. The molecule has 2 aromatic carbocycles. The van der Waals surface area contributed by atoms with Crippen molar-refractivity contribution in [2.45, 2.75) is 13.3 Å². The van der Waals surface area contributed by atoms with E-state index < -0.39 is 5.91 Å². The lowest BCUT2D eigenvalue weighted by Crippen LogP contribution is -2.24. The fourth-order valence-electron chi connectivity index (χ4n) is 2.17. The molecule has 4 N–H and O–H groups in total. The van der Waals surface area contributed by atoms with Gasteiger partial charge in [0.15, 0.2) is 0 Å². The van der Waals surface area contributed by atoms with E-state index in [-0.39, 0.29) is 12.5 Å². The first-order valence-corrected chi connectivity index (χ1v) is 7.12. The Labute approximate surface area is 129 Å². The monoisotopic (exact) mass is 297 g/mol. The van der Waals surface area contributed by atoms with Gasteiger partial charge in [0.1, 0.15) is 0 Å². The minimum absolute atomic E-state index is 0.0579. The van der Waals surface area contributed by atoms with E-state index in [1.165, 1.54) is 0 Å². The summed E-state index contributed by atoms with van der Waals surface area (Å²) < 4.78 is 0. The van der Waals surface area contributed by atoms with Gasteiger partial charge in [0.05, 0.1) is 12.1 Å². The first kappa shape index (κ1) is 15.6. The van der Waals surface area contributed by atoms with Crippen molar-refractivity contribution in [1.29, 1.82) is 0 Å². The minimum Gasteiger partial charge on any atom is -0.376 e. The molecule has 2 aromatic rings. The van der Waals surface area contributed by atoms with Crippen LogP contribution in [0.5, 0.6) is 0 Å². The molecule has 5 nitrogen and oxygen atoms in total. The zero-order valence-corrected chi connectivity index (χ0v) is 12.4. The van der Waals surface area contributed by atoms with Gasteiger partial charge in [0, 0.05) is 11.4 Å². The number of anilines is 2. The Morgan fingerprint density at radius 1 is 1.00 bits per heavy atom. The van der Waals surface area contributed by atoms with Crippen molar-refractivity contribution >= 4 is 23.2 Å². The van der Waals surface area contributed by atoms with Gasteiger partial charge < -0.3 is 16.4 Å². The standard InChI is InChI=1S/C17H19N3O2/c1-2-12-7-3-5-9-14(12)20-16(21)11-19-15-10-6-4-8-13(15)17(18)22/h3-10,19H,2,11H2,1H3,(H2,18,22)(H,20,21). The van der Waals surface area contributed by atoms with Crippen LogP contribution in [0.15, 0.2) is 48.5 Å². The van der Waals surface area contributed by atoms with Gasteiger partial charge in [-0.15, -0.1) is 0 Å². The summed E-state index contributed by atoms with van der Waals surface area (Å²) in [5.41, 5.74) is 8.10. The Morgan fingerprint density at radius 3 is 2.32 bits per heavy atom. The zero-order valence-electron chi connectivity index (χ0n) is 12.4. The van der Waals surface area contributed by atoms with Crippen LogP contribution in [0.4, 0.5) is 11.4 Å². The summed E-state index contributed by atoms with van der Waals surface area (Å²) in [6.45, 7) is 2.09. The Balaban J connectivity index is 2.00. The highest BCUT2D eigenvalue weighted by Crippen LogP contribution is 2.16. The third kappa shape index (κ3) is 3.85. The van der Waals surface area contributed by atoms with E-state index in [0.717, 1.165) is 17.7 Å². The Morgan fingerprint density at radius 2 is 1.64 bits per heavy atom. The summed E-state index contributed by atoms with van der Waals surface area (Å²) in [6.07, 6.45) is 0.842. The Hall–Kier alpha value is -2.82. The Kier molecular flexibility index (Phi) is 5.14. The lowest BCUT2D eigenvalue weighted by Gasteiger charge is -2.12. The summed E-state index contributed by atoms with van der Waals surface area (Å²) in [5.74, 6) is -0.708. The van der Waals surface area contributed by atoms with Crippen LogP contribution < -0.4 is 16.4 Å². The van der Waals surface area contributed by atoms with Crippen molar-refractivity contribution in [1.82, 2.24) is 0 Å². The molecule has 0 atom stereocenters. The summed E-state index contributed by atoms with van der Waals surface area (Å²) in [5, 5.41) is 5.80. The van der Waals surface area contributed by atoms with E-state index in [0.29, 0.717) is 11.3 Å². The molecular weight excluding hydrogens is 278 g/mol. The van der Waals surface area contributed by atoms with Gasteiger partial charge in [-0.1, -0.05) is 37.3 Å².